The summed E-state index contributed by atoms with van der Waals surface area (Å²) in [6.07, 6.45) is 0. The fourth-order valence-corrected chi connectivity index (χ4v) is 2.88. The van der Waals surface area contributed by atoms with Gasteiger partial charge in [-0.05, 0) is 39.0 Å². The number of amidine groups is 1. The van der Waals surface area contributed by atoms with Crippen LogP contribution in [0, 0.1) is 0 Å². The summed E-state index contributed by atoms with van der Waals surface area (Å²) in [7, 11) is -2.37. The minimum atomic E-state index is -3.75. The first-order valence-corrected chi connectivity index (χ1v) is 7.54. The Kier molecular flexibility index (Phi) is 5.02. The molecule has 8 nitrogen and oxygen atoms in total. The fourth-order valence-electron chi connectivity index (χ4n) is 1.57. The predicted octanol–water partition coefficient (Wildman–Crippen LogP) is 0.834. The lowest BCUT2D eigenvalue weighted by molar-refractivity contribution is 0.318. The van der Waals surface area contributed by atoms with Crippen molar-refractivity contribution in [2.75, 3.05) is 11.8 Å². The first kappa shape index (κ1) is 17.1. The van der Waals surface area contributed by atoms with Crippen molar-refractivity contribution in [2.45, 2.75) is 26.3 Å². The van der Waals surface area contributed by atoms with Gasteiger partial charge in [0.05, 0.1) is 12.8 Å². The number of rotatable bonds is 5. The van der Waals surface area contributed by atoms with Crippen LogP contribution < -0.4 is 19.9 Å². The highest BCUT2D eigenvalue weighted by molar-refractivity contribution is 7.90. The third-order valence-corrected chi connectivity index (χ3v) is 3.66. The lowest BCUT2D eigenvalue weighted by Crippen LogP contribution is -2.43. The van der Waals surface area contributed by atoms with Gasteiger partial charge in [0.15, 0.2) is 5.84 Å². The average molecular weight is 316 g/mol. The molecule has 1 aromatic rings. The van der Waals surface area contributed by atoms with Crippen LogP contribution in [0.4, 0.5) is 5.69 Å². The first-order chi connectivity index (χ1) is 9.58. The molecule has 0 saturated carbocycles. The summed E-state index contributed by atoms with van der Waals surface area (Å²) in [6, 6.07) is 4.44. The van der Waals surface area contributed by atoms with E-state index >= 15 is 0 Å². The molecule has 0 unspecified atom stereocenters. The Hall–Kier alpha value is -2.00. The average Bonchev–Trinajstić information content (AvgIpc) is 2.34. The van der Waals surface area contributed by atoms with Crippen molar-refractivity contribution in [3.05, 3.63) is 23.8 Å². The Morgan fingerprint density at radius 3 is 2.48 bits per heavy atom. The number of nitrogens with zero attached hydrogens (tertiary/aromatic N) is 1. The molecule has 0 atom stereocenters. The van der Waals surface area contributed by atoms with E-state index in [-0.39, 0.29) is 17.3 Å². The third-order valence-electron chi connectivity index (χ3n) is 2.29. The van der Waals surface area contributed by atoms with Gasteiger partial charge in [0.1, 0.15) is 5.75 Å². The van der Waals surface area contributed by atoms with Gasteiger partial charge in [-0.1, -0.05) is 5.16 Å². The van der Waals surface area contributed by atoms with Crippen LogP contribution in [0.2, 0.25) is 0 Å². The fraction of sp³-hybridized carbons (Fsp3) is 0.417. The van der Waals surface area contributed by atoms with E-state index in [0.717, 1.165) is 0 Å². The molecule has 21 heavy (non-hydrogen) atoms. The minimum Gasteiger partial charge on any atom is -0.495 e. The molecule has 0 spiro atoms. The number of hydrogen-bond donors (Lipinski definition) is 4. The van der Waals surface area contributed by atoms with Gasteiger partial charge >= 0.3 is 0 Å². The zero-order chi connectivity index (χ0) is 16.3. The Morgan fingerprint density at radius 1 is 1.38 bits per heavy atom. The van der Waals surface area contributed by atoms with Crippen molar-refractivity contribution in [3.63, 3.8) is 0 Å². The van der Waals surface area contributed by atoms with Gasteiger partial charge in [0.2, 0.25) is 0 Å². The van der Waals surface area contributed by atoms with Gasteiger partial charge in [-0.25, -0.2) is 0 Å². The number of methoxy groups -OCH3 is 1. The van der Waals surface area contributed by atoms with E-state index in [4.69, 9.17) is 15.7 Å². The number of benzene rings is 1. The number of nitrogens with two attached hydrogens (primary N) is 1. The molecule has 0 radical (unpaired) electrons. The number of anilines is 1. The van der Waals surface area contributed by atoms with Crippen LogP contribution in [0.25, 0.3) is 0 Å². The Morgan fingerprint density at radius 2 is 2.00 bits per heavy atom. The lowest BCUT2D eigenvalue weighted by atomic mass is 10.1. The van der Waals surface area contributed by atoms with Crippen molar-refractivity contribution in [2.24, 2.45) is 10.9 Å². The van der Waals surface area contributed by atoms with Gasteiger partial charge in [0.25, 0.3) is 10.2 Å². The van der Waals surface area contributed by atoms with Crippen LogP contribution in [0.1, 0.15) is 26.3 Å². The van der Waals surface area contributed by atoms with Gasteiger partial charge in [0, 0.05) is 11.1 Å². The molecule has 1 aromatic carbocycles. The van der Waals surface area contributed by atoms with Crippen molar-refractivity contribution in [1.82, 2.24) is 4.72 Å². The Labute approximate surface area is 124 Å². The molecule has 0 fully saturated rings. The zero-order valence-electron chi connectivity index (χ0n) is 12.3. The predicted molar refractivity (Wildman–Crippen MR) is 80.9 cm³/mol. The van der Waals surface area contributed by atoms with E-state index in [1.54, 1.807) is 20.8 Å². The van der Waals surface area contributed by atoms with Gasteiger partial charge < -0.3 is 15.7 Å². The highest BCUT2D eigenvalue weighted by Crippen LogP contribution is 2.26. The Balaban J connectivity index is 3.10. The van der Waals surface area contributed by atoms with Gasteiger partial charge in [-0.3, -0.25) is 4.72 Å². The van der Waals surface area contributed by atoms with E-state index < -0.39 is 15.7 Å². The van der Waals surface area contributed by atoms with Crippen LogP contribution in [-0.2, 0) is 10.2 Å². The normalized spacial score (nSPS) is 13.0. The van der Waals surface area contributed by atoms with E-state index in [0.29, 0.717) is 5.56 Å². The summed E-state index contributed by atoms with van der Waals surface area (Å²) in [6.45, 7) is 5.18. The zero-order valence-corrected chi connectivity index (χ0v) is 13.2. The van der Waals surface area contributed by atoms with E-state index in [9.17, 15) is 8.42 Å². The summed E-state index contributed by atoms with van der Waals surface area (Å²) < 4.78 is 33.9. The molecule has 5 N–H and O–H groups in total. The SMILES string of the molecule is COc1cc(/C(N)=N/O)ccc1NS(=O)(=O)NC(C)(C)C. The largest absolute Gasteiger partial charge is 0.495 e. The van der Waals surface area contributed by atoms with Crippen molar-refractivity contribution in [3.8, 4) is 5.75 Å². The molecule has 0 amide bonds. The second-order valence-electron chi connectivity index (χ2n) is 5.36. The number of oxime groups is 1. The highest BCUT2D eigenvalue weighted by Gasteiger charge is 2.21. The van der Waals surface area contributed by atoms with Crippen LogP contribution >= 0.6 is 0 Å². The summed E-state index contributed by atoms with van der Waals surface area (Å²) >= 11 is 0. The molecule has 118 valence electrons. The second kappa shape index (κ2) is 6.19. The van der Waals surface area contributed by atoms with Gasteiger partial charge in [-0.2, -0.15) is 13.1 Å². The first-order valence-electron chi connectivity index (χ1n) is 6.05. The molecular weight excluding hydrogens is 296 g/mol. The molecule has 9 heteroatoms. The molecule has 0 aliphatic heterocycles. The monoisotopic (exact) mass is 316 g/mol. The number of hydrogen-bond acceptors (Lipinski definition) is 5. The molecule has 0 aliphatic rings. The van der Waals surface area contributed by atoms with Crippen LogP contribution in [0.15, 0.2) is 23.4 Å². The number of ether oxygens (including phenoxy) is 1. The summed E-state index contributed by atoms with van der Waals surface area (Å²) in [5, 5.41) is 11.5. The smallest absolute Gasteiger partial charge is 0.299 e. The van der Waals surface area contributed by atoms with E-state index in [2.05, 4.69) is 14.6 Å². The minimum absolute atomic E-state index is 0.101. The molecule has 0 heterocycles. The summed E-state index contributed by atoms with van der Waals surface area (Å²) in [4.78, 5) is 0. The second-order valence-corrected chi connectivity index (χ2v) is 6.77. The third kappa shape index (κ3) is 5.12. The topological polar surface area (TPSA) is 126 Å². The molecule has 0 aromatic heterocycles. The van der Waals surface area contributed by atoms with Gasteiger partial charge in [-0.15, -0.1) is 0 Å². The quantitative estimate of drug-likeness (QED) is 0.277. The maximum Gasteiger partial charge on any atom is 0.299 e. The number of nitrogens with one attached hydrogen (secondary N) is 2. The van der Waals surface area contributed by atoms with Crippen LogP contribution in [0.5, 0.6) is 5.75 Å². The van der Waals surface area contributed by atoms with Crippen LogP contribution in [-0.4, -0.2) is 32.1 Å². The van der Waals surface area contributed by atoms with Crippen LogP contribution in [0.3, 0.4) is 0 Å². The standard InChI is InChI=1S/C12H20N4O4S/c1-12(2,3)16-21(18,19)15-9-6-5-8(11(13)14-17)7-10(9)20-4/h5-7,15-17H,1-4H3,(H2,13,14). The summed E-state index contributed by atoms with van der Waals surface area (Å²) in [5.74, 6) is 0.147. The van der Waals surface area contributed by atoms with Crippen molar-refractivity contribution >= 4 is 21.7 Å². The molecule has 0 saturated heterocycles. The Bertz CT molecular complexity index is 635. The molecular formula is C12H20N4O4S. The molecule has 0 aliphatic carbocycles. The highest BCUT2D eigenvalue weighted by atomic mass is 32.2. The maximum atomic E-state index is 12.0. The molecule has 1 rings (SSSR count). The molecule has 0 bridgehead atoms. The summed E-state index contributed by atoms with van der Waals surface area (Å²) in [5.41, 5.74) is 5.50. The van der Waals surface area contributed by atoms with Crippen molar-refractivity contribution in [1.29, 1.82) is 0 Å². The van der Waals surface area contributed by atoms with E-state index in [1.807, 2.05) is 0 Å². The van der Waals surface area contributed by atoms with E-state index in [1.165, 1.54) is 25.3 Å². The lowest BCUT2D eigenvalue weighted by Gasteiger charge is -2.21. The van der Waals surface area contributed by atoms with Crippen molar-refractivity contribution < 1.29 is 18.4 Å². The maximum absolute atomic E-state index is 12.0.